The number of piperidine rings is 1. The smallest absolute Gasteiger partial charge is 0.261 e. The van der Waals surface area contributed by atoms with E-state index in [4.69, 9.17) is 4.98 Å². The summed E-state index contributed by atoms with van der Waals surface area (Å²) in [6, 6.07) is 10.4. The minimum absolute atomic E-state index is 0.0187. The van der Waals surface area contributed by atoms with E-state index in [1.54, 1.807) is 0 Å². The highest BCUT2D eigenvalue weighted by atomic mass is 32.1. The highest BCUT2D eigenvalue weighted by Gasteiger charge is 2.16. The molecule has 0 saturated carbocycles. The summed E-state index contributed by atoms with van der Waals surface area (Å²) in [4.78, 5) is 21.4. The number of nitrogens with one attached hydrogen (secondary N) is 1. The van der Waals surface area contributed by atoms with Gasteiger partial charge in [-0.1, -0.05) is 18.6 Å². The molecule has 0 bridgehead atoms. The van der Waals surface area contributed by atoms with Crippen molar-refractivity contribution in [3.05, 3.63) is 40.8 Å². The number of aryl methyl sites for hydroxylation is 1. The Morgan fingerprint density at radius 3 is 3.04 bits per heavy atom. The number of carbonyl (C=O) groups excluding carboxylic acids is 1. The van der Waals surface area contributed by atoms with Crippen LogP contribution >= 0.6 is 11.3 Å². The molecule has 1 atom stereocenters. The quantitative estimate of drug-likeness (QED) is 0.657. The third-order valence-corrected chi connectivity index (χ3v) is 6.40. The first kappa shape index (κ1) is 18.4. The van der Waals surface area contributed by atoms with Crippen LogP contribution in [-0.2, 0) is 0 Å². The first-order chi connectivity index (χ1) is 13.1. The van der Waals surface area contributed by atoms with Gasteiger partial charge < -0.3 is 10.2 Å². The van der Waals surface area contributed by atoms with Gasteiger partial charge in [0.1, 0.15) is 4.83 Å². The zero-order valence-corrected chi connectivity index (χ0v) is 16.9. The van der Waals surface area contributed by atoms with Crippen molar-refractivity contribution in [2.24, 2.45) is 5.92 Å². The number of pyridine rings is 1. The van der Waals surface area contributed by atoms with Gasteiger partial charge in [-0.25, -0.2) is 4.98 Å². The number of hydrogen-bond acceptors (Lipinski definition) is 4. The van der Waals surface area contributed by atoms with Gasteiger partial charge in [0.25, 0.3) is 5.91 Å². The van der Waals surface area contributed by atoms with Crippen molar-refractivity contribution >= 4 is 38.4 Å². The van der Waals surface area contributed by atoms with Crippen molar-refractivity contribution in [3.8, 4) is 0 Å². The number of rotatable bonds is 5. The van der Waals surface area contributed by atoms with Crippen LogP contribution in [0.4, 0.5) is 0 Å². The summed E-state index contributed by atoms with van der Waals surface area (Å²) in [5.41, 5.74) is 2.21. The van der Waals surface area contributed by atoms with Crippen LogP contribution in [0.1, 0.15) is 41.4 Å². The summed E-state index contributed by atoms with van der Waals surface area (Å²) in [6.45, 7) is 8.61. The van der Waals surface area contributed by atoms with Gasteiger partial charge in [-0.2, -0.15) is 0 Å². The summed E-state index contributed by atoms with van der Waals surface area (Å²) in [5.74, 6) is 0.823. The van der Waals surface area contributed by atoms with E-state index in [9.17, 15) is 4.79 Å². The molecule has 1 aromatic carbocycles. The van der Waals surface area contributed by atoms with Crippen LogP contribution in [0.25, 0.3) is 21.1 Å². The molecule has 5 heteroatoms. The highest BCUT2D eigenvalue weighted by Crippen LogP contribution is 2.27. The summed E-state index contributed by atoms with van der Waals surface area (Å²) < 4.78 is 0. The number of hydrogen-bond donors (Lipinski definition) is 1. The monoisotopic (exact) mass is 381 g/mol. The van der Waals surface area contributed by atoms with E-state index >= 15 is 0 Å². The molecule has 1 amide bonds. The van der Waals surface area contributed by atoms with Crippen LogP contribution in [0.2, 0.25) is 0 Å². The van der Waals surface area contributed by atoms with Gasteiger partial charge in [0.05, 0.1) is 10.4 Å². The number of likely N-dealkylation sites (tertiary alicyclic amines) is 1. The normalized spacial score (nSPS) is 18.2. The summed E-state index contributed by atoms with van der Waals surface area (Å²) >= 11 is 1.48. The second kappa shape index (κ2) is 7.95. The Bertz CT molecular complexity index is 965. The fraction of sp³-hybridized carbons (Fsp3) is 0.455. The van der Waals surface area contributed by atoms with Gasteiger partial charge in [0.2, 0.25) is 0 Å². The summed E-state index contributed by atoms with van der Waals surface area (Å²) in [7, 11) is 0. The maximum Gasteiger partial charge on any atom is 0.261 e. The molecule has 4 rings (SSSR count). The zero-order chi connectivity index (χ0) is 18.8. The van der Waals surface area contributed by atoms with Gasteiger partial charge in [-0.15, -0.1) is 11.3 Å². The zero-order valence-electron chi connectivity index (χ0n) is 16.1. The molecule has 0 radical (unpaired) electrons. The molecule has 1 fully saturated rings. The molecule has 1 aliphatic rings. The maximum absolute atomic E-state index is 12.5. The van der Waals surface area contributed by atoms with Gasteiger partial charge in [-0.3, -0.25) is 4.79 Å². The van der Waals surface area contributed by atoms with Crippen molar-refractivity contribution in [3.63, 3.8) is 0 Å². The number of benzene rings is 1. The highest BCUT2D eigenvalue weighted by molar-refractivity contribution is 7.20. The minimum Gasteiger partial charge on any atom is -0.351 e. The number of thiophene rings is 1. The molecule has 0 aliphatic carbocycles. The van der Waals surface area contributed by atoms with Crippen molar-refractivity contribution < 1.29 is 4.79 Å². The van der Waals surface area contributed by atoms with Crippen LogP contribution in [0, 0.1) is 12.8 Å². The van der Waals surface area contributed by atoms with Crippen LogP contribution in [0.5, 0.6) is 0 Å². The van der Waals surface area contributed by atoms with Gasteiger partial charge in [0.15, 0.2) is 0 Å². The Morgan fingerprint density at radius 1 is 1.30 bits per heavy atom. The third-order valence-electron chi connectivity index (χ3n) is 5.36. The number of carbonyl (C=O) groups is 1. The lowest BCUT2D eigenvalue weighted by Crippen LogP contribution is -2.36. The standard InChI is InChI=1S/C22H27N3OS/c1-15-6-7-19-17(11-15)12-18-13-20(27-22(18)24-19)21(26)23-8-4-10-25-9-3-5-16(2)14-25/h6-7,11-13,16H,3-5,8-10,14H2,1-2H3,(H,23,26)/t16-/m1/s1. The topological polar surface area (TPSA) is 45.2 Å². The SMILES string of the molecule is Cc1ccc2nc3sc(C(=O)NCCCN4CCC[C@@H](C)C4)cc3cc2c1. The maximum atomic E-state index is 12.5. The first-order valence-electron chi connectivity index (χ1n) is 9.90. The largest absolute Gasteiger partial charge is 0.351 e. The van der Waals surface area contributed by atoms with Crippen molar-refractivity contribution in [1.29, 1.82) is 0 Å². The van der Waals surface area contributed by atoms with Crippen LogP contribution in [0.3, 0.4) is 0 Å². The minimum atomic E-state index is 0.0187. The predicted molar refractivity (Wildman–Crippen MR) is 114 cm³/mol. The lowest BCUT2D eigenvalue weighted by atomic mass is 10.0. The molecule has 2 aromatic heterocycles. The van der Waals surface area contributed by atoms with E-state index in [0.29, 0.717) is 0 Å². The fourth-order valence-corrected chi connectivity index (χ4v) is 4.89. The number of amides is 1. The third kappa shape index (κ3) is 4.30. The van der Waals surface area contributed by atoms with E-state index in [2.05, 4.69) is 42.3 Å². The Kier molecular flexibility index (Phi) is 5.41. The Balaban J connectivity index is 1.37. The lowest BCUT2D eigenvalue weighted by molar-refractivity contribution is 0.0954. The number of nitrogens with zero attached hydrogens (tertiary/aromatic N) is 2. The molecule has 1 aliphatic heterocycles. The predicted octanol–water partition coefficient (Wildman–Crippen LogP) is 4.61. The van der Waals surface area contributed by atoms with E-state index in [0.717, 1.165) is 51.4 Å². The van der Waals surface area contributed by atoms with E-state index in [1.165, 1.54) is 42.8 Å². The molecule has 3 heterocycles. The van der Waals surface area contributed by atoms with Crippen LogP contribution < -0.4 is 5.32 Å². The lowest BCUT2D eigenvalue weighted by Gasteiger charge is -2.30. The van der Waals surface area contributed by atoms with Crippen molar-refractivity contribution in [2.45, 2.75) is 33.1 Å². The van der Waals surface area contributed by atoms with Crippen molar-refractivity contribution in [2.75, 3.05) is 26.2 Å². The molecule has 1 N–H and O–H groups in total. The van der Waals surface area contributed by atoms with Gasteiger partial charge >= 0.3 is 0 Å². The van der Waals surface area contributed by atoms with E-state index < -0.39 is 0 Å². The fourth-order valence-electron chi connectivity index (χ4n) is 3.95. The van der Waals surface area contributed by atoms with Crippen molar-refractivity contribution in [1.82, 2.24) is 15.2 Å². The Morgan fingerprint density at radius 2 is 2.19 bits per heavy atom. The molecular weight excluding hydrogens is 354 g/mol. The Labute approximate surface area is 164 Å². The second-order valence-corrected chi connectivity index (χ2v) is 8.88. The summed E-state index contributed by atoms with van der Waals surface area (Å²) in [5, 5.41) is 5.25. The molecule has 0 unspecified atom stereocenters. The van der Waals surface area contributed by atoms with Gasteiger partial charge in [0, 0.05) is 23.9 Å². The number of fused-ring (bicyclic) bond motifs is 2. The van der Waals surface area contributed by atoms with Crippen LogP contribution in [-0.4, -0.2) is 42.0 Å². The molecule has 1 saturated heterocycles. The second-order valence-electron chi connectivity index (χ2n) is 7.85. The average molecular weight is 382 g/mol. The molecule has 3 aromatic rings. The van der Waals surface area contributed by atoms with E-state index in [1.807, 2.05) is 12.1 Å². The number of aromatic nitrogens is 1. The average Bonchev–Trinajstić information content (AvgIpc) is 3.06. The molecule has 142 valence electrons. The van der Waals surface area contributed by atoms with E-state index in [-0.39, 0.29) is 5.91 Å². The first-order valence-corrected chi connectivity index (χ1v) is 10.7. The molecular formula is C22H27N3OS. The van der Waals surface area contributed by atoms with Crippen LogP contribution in [0.15, 0.2) is 30.3 Å². The molecule has 4 nitrogen and oxygen atoms in total. The molecule has 27 heavy (non-hydrogen) atoms. The van der Waals surface area contributed by atoms with Gasteiger partial charge in [-0.05, 0) is 69.5 Å². The molecule has 0 spiro atoms. The Hall–Kier alpha value is -1.98. The summed E-state index contributed by atoms with van der Waals surface area (Å²) in [6.07, 6.45) is 3.66.